The summed E-state index contributed by atoms with van der Waals surface area (Å²) in [4.78, 5) is 14.9. The van der Waals surface area contributed by atoms with Gasteiger partial charge in [0.15, 0.2) is 6.29 Å². The van der Waals surface area contributed by atoms with Crippen LogP contribution in [0.5, 0.6) is 0 Å². The lowest BCUT2D eigenvalue weighted by Crippen LogP contribution is -2.02. The molecule has 0 saturated carbocycles. The number of aromatic nitrogens is 1. The Hall–Kier alpha value is -1.09. The maximum atomic E-state index is 10.7. The molecule has 0 aliphatic carbocycles. The van der Waals surface area contributed by atoms with Gasteiger partial charge < -0.3 is 0 Å². The first-order chi connectivity index (χ1) is 6.42. The second-order valence-corrected chi connectivity index (χ2v) is 3.80. The minimum Gasteiger partial charge on any atom is -0.298 e. The Labute approximate surface area is 81.1 Å². The minimum atomic E-state index is 0.311. The van der Waals surface area contributed by atoms with E-state index < -0.39 is 0 Å². The summed E-state index contributed by atoms with van der Waals surface area (Å²) in [5.74, 6) is 1.31. The average Bonchev–Trinajstić information content (AvgIpc) is 2.70. The summed E-state index contributed by atoms with van der Waals surface area (Å²) < 4.78 is 0. The first-order valence-electron chi connectivity index (χ1n) is 4.10. The molecule has 2 rings (SSSR count). The summed E-state index contributed by atoms with van der Waals surface area (Å²) in [6.07, 6.45) is 4.71. The fourth-order valence-corrected chi connectivity index (χ4v) is 2.26. The zero-order valence-corrected chi connectivity index (χ0v) is 7.83. The fourth-order valence-electron chi connectivity index (χ4n) is 1.37. The number of allylic oxidation sites excluding steroid dienone is 1. The van der Waals surface area contributed by atoms with Gasteiger partial charge in [0.1, 0.15) is 0 Å². The van der Waals surface area contributed by atoms with Crippen molar-refractivity contribution in [3.8, 4) is 0 Å². The summed E-state index contributed by atoms with van der Waals surface area (Å²) in [5, 5.41) is 2.06. The summed E-state index contributed by atoms with van der Waals surface area (Å²) in [6, 6.07) is 3.60. The molecule has 0 radical (unpaired) electrons. The van der Waals surface area contributed by atoms with Gasteiger partial charge in [-0.3, -0.25) is 9.78 Å². The number of carbonyl (C=O) groups is 1. The quantitative estimate of drug-likeness (QED) is 0.671. The van der Waals surface area contributed by atoms with E-state index in [-0.39, 0.29) is 0 Å². The normalized spacial score (nSPS) is 20.5. The van der Waals surface area contributed by atoms with Crippen molar-refractivity contribution >= 4 is 18.0 Å². The standard InChI is InChI=1S/C10H9NOS/c12-6-8-2-1-4-11-10(8)9-3-5-13-7-9/h1-6,9H,7H2. The molecule has 1 aliphatic heterocycles. The first-order valence-corrected chi connectivity index (χ1v) is 5.15. The van der Waals surface area contributed by atoms with Crippen LogP contribution in [0, 0.1) is 0 Å². The Bertz CT molecular complexity index is 349. The third kappa shape index (κ3) is 1.65. The summed E-state index contributed by atoms with van der Waals surface area (Å²) >= 11 is 1.76. The molecule has 13 heavy (non-hydrogen) atoms. The van der Waals surface area contributed by atoms with Crippen LogP contribution >= 0.6 is 11.8 Å². The topological polar surface area (TPSA) is 30.0 Å². The molecule has 0 bridgehead atoms. The van der Waals surface area contributed by atoms with E-state index in [1.54, 1.807) is 24.0 Å². The van der Waals surface area contributed by atoms with Crippen LogP contribution in [0.15, 0.2) is 29.8 Å². The van der Waals surface area contributed by atoms with Crippen LogP contribution in [0.25, 0.3) is 0 Å². The molecular formula is C10H9NOS. The molecule has 0 amide bonds. The van der Waals surface area contributed by atoms with E-state index in [1.807, 2.05) is 6.07 Å². The molecule has 0 fully saturated rings. The second-order valence-electron chi connectivity index (χ2n) is 2.86. The third-order valence-corrected chi connectivity index (χ3v) is 2.93. The van der Waals surface area contributed by atoms with E-state index >= 15 is 0 Å². The van der Waals surface area contributed by atoms with Crippen LogP contribution in [0.4, 0.5) is 0 Å². The van der Waals surface area contributed by atoms with Crippen LogP contribution in [0.2, 0.25) is 0 Å². The lowest BCUT2D eigenvalue weighted by Gasteiger charge is -2.07. The van der Waals surface area contributed by atoms with E-state index in [4.69, 9.17) is 0 Å². The highest BCUT2D eigenvalue weighted by atomic mass is 32.2. The van der Waals surface area contributed by atoms with Crippen molar-refractivity contribution in [3.63, 3.8) is 0 Å². The average molecular weight is 191 g/mol. The van der Waals surface area contributed by atoms with Crippen LogP contribution in [-0.2, 0) is 0 Å². The number of pyridine rings is 1. The van der Waals surface area contributed by atoms with Crippen molar-refractivity contribution in [1.29, 1.82) is 0 Å². The smallest absolute Gasteiger partial charge is 0.151 e. The van der Waals surface area contributed by atoms with Crippen LogP contribution < -0.4 is 0 Å². The molecule has 1 aromatic heterocycles. The van der Waals surface area contributed by atoms with Gasteiger partial charge in [0.25, 0.3) is 0 Å². The number of nitrogens with zero attached hydrogens (tertiary/aromatic N) is 1. The van der Waals surface area contributed by atoms with Crippen molar-refractivity contribution in [2.75, 3.05) is 5.75 Å². The summed E-state index contributed by atoms with van der Waals surface area (Å²) in [5.41, 5.74) is 1.61. The van der Waals surface area contributed by atoms with Gasteiger partial charge in [-0.05, 0) is 17.5 Å². The van der Waals surface area contributed by atoms with Crippen LogP contribution in [-0.4, -0.2) is 17.0 Å². The molecule has 0 saturated heterocycles. The first kappa shape index (κ1) is 8.51. The van der Waals surface area contributed by atoms with Crippen LogP contribution in [0.3, 0.4) is 0 Å². The molecule has 1 aromatic rings. The third-order valence-electron chi connectivity index (χ3n) is 2.03. The number of carbonyl (C=O) groups excluding carboxylic acids is 1. The molecule has 0 spiro atoms. The van der Waals surface area contributed by atoms with Crippen molar-refractivity contribution in [1.82, 2.24) is 4.98 Å². The largest absolute Gasteiger partial charge is 0.298 e. The zero-order chi connectivity index (χ0) is 9.10. The van der Waals surface area contributed by atoms with Gasteiger partial charge in [0.05, 0.1) is 5.69 Å². The van der Waals surface area contributed by atoms with E-state index in [0.717, 1.165) is 17.7 Å². The maximum absolute atomic E-state index is 10.7. The molecule has 0 N–H and O–H groups in total. The number of hydrogen-bond acceptors (Lipinski definition) is 3. The molecule has 1 unspecified atom stereocenters. The number of thioether (sulfide) groups is 1. The molecule has 66 valence electrons. The van der Waals surface area contributed by atoms with Crippen LogP contribution in [0.1, 0.15) is 22.0 Å². The number of rotatable bonds is 2. The van der Waals surface area contributed by atoms with Crippen molar-refractivity contribution < 1.29 is 4.79 Å². The lowest BCUT2D eigenvalue weighted by molar-refractivity contribution is 0.112. The molecule has 2 heterocycles. The predicted molar refractivity (Wildman–Crippen MR) is 54.0 cm³/mol. The highest BCUT2D eigenvalue weighted by Gasteiger charge is 2.16. The molecule has 0 aromatic carbocycles. The van der Waals surface area contributed by atoms with Gasteiger partial charge in [0, 0.05) is 23.4 Å². The predicted octanol–water partition coefficient (Wildman–Crippen LogP) is 2.24. The Kier molecular flexibility index (Phi) is 2.45. The zero-order valence-electron chi connectivity index (χ0n) is 7.01. The highest BCUT2D eigenvalue weighted by molar-refractivity contribution is 8.02. The van der Waals surface area contributed by atoms with Crippen molar-refractivity contribution in [2.24, 2.45) is 0 Å². The molecule has 1 atom stereocenters. The van der Waals surface area contributed by atoms with E-state index in [1.165, 1.54) is 0 Å². The Morgan fingerprint density at radius 1 is 1.62 bits per heavy atom. The Morgan fingerprint density at radius 3 is 3.23 bits per heavy atom. The van der Waals surface area contributed by atoms with Gasteiger partial charge in [-0.25, -0.2) is 0 Å². The molecule has 1 aliphatic rings. The van der Waals surface area contributed by atoms with E-state index in [0.29, 0.717) is 11.5 Å². The number of aldehydes is 1. The van der Waals surface area contributed by atoms with Gasteiger partial charge in [-0.15, -0.1) is 11.8 Å². The number of hydrogen-bond donors (Lipinski definition) is 0. The van der Waals surface area contributed by atoms with E-state index in [9.17, 15) is 4.79 Å². The Balaban J connectivity index is 2.37. The van der Waals surface area contributed by atoms with Crippen molar-refractivity contribution in [2.45, 2.75) is 5.92 Å². The lowest BCUT2D eigenvalue weighted by atomic mass is 10.0. The van der Waals surface area contributed by atoms with Gasteiger partial charge in [-0.1, -0.05) is 6.08 Å². The molecule has 3 heteroatoms. The monoisotopic (exact) mass is 191 g/mol. The summed E-state index contributed by atoms with van der Waals surface area (Å²) in [7, 11) is 0. The minimum absolute atomic E-state index is 0.311. The summed E-state index contributed by atoms with van der Waals surface area (Å²) in [6.45, 7) is 0. The van der Waals surface area contributed by atoms with Gasteiger partial charge in [0.2, 0.25) is 0 Å². The van der Waals surface area contributed by atoms with Crippen molar-refractivity contribution in [3.05, 3.63) is 41.1 Å². The SMILES string of the molecule is O=Cc1cccnc1C1C=CSC1. The fraction of sp³-hybridized carbons (Fsp3) is 0.200. The van der Waals surface area contributed by atoms with E-state index in [2.05, 4.69) is 16.5 Å². The second kappa shape index (κ2) is 3.75. The van der Waals surface area contributed by atoms with Gasteiger partial charge >= 0.3 is 0 Å². The highest BCUT2D eigenvalue weighted by Crippen LogP contribution is 2.29. The Morgan fingerprint density at radius 2 is 2.54 bits per heavy atom. The molecule has 2 nitrogen and oxygen atoms in total. The maximum Gasteiger partial charge on any atom is 0.151 e. The van der Waals surface area contributed by atoms with Gasteiger partial charge in [-0.2, -0.15) is 0 Å². The molecular weight excluding hydrogens is 182 g/mol.